The van der Waals surface area contributed by atoms with Crippen molar-refractivity contribution >= 4 is 23.3 Å². The van der Waals surface area contributed by atoms with E-state index in [9.17, 15) is 29.2 Å². The van der Waals surface area contributed by atoms with Gasteiger partial charge in [0.25, 0.3) is 5.91 Å². The molecular weight excluding hydrogens is 335 g/mol. The second kappa shape index (κ2) is 7.39. The van der Waals surface area contributed by atoms with E-state index >= 15 is 0 Å². The maximum absolute atomic E-state index is 13.2. The first kappa shape index (κ1) is 17.9. The number of benzene rings is 2. The molecule has 0 heterocycles. The van der Waals surface area contributed by atoms with Gasteiger partial charge in [0, 0.05) is 11.8 Å². The van der Waals surface area contributed by atoms with Crippen molar-refractivity contribution in [1.29, 1.82) is 0 Å². The predicted molar refractivity (Wildman–Crippen MR) is 84.8 cm³/mol. The minimum atomic E-state index is -1.04. The fraction of sp³-hybridized carbons (Fsp3) is 0.125. The molecule has 0 aliphatic rings. The second-order valence-corrected chi connectivity index (χ2v) is 5.07. The number of carbonyl (C=O) groups is 2. The van der Waals surface area contributed by atoms with Gasteiger partial charge < -0.3 is 15.2 Å². The molecule has 2 aromatic rings. The van der Waals surface area contributed by atoms with Crippen molar-refractivity contribution in [3.05, 3.63) is 63.5 Å². The summed E-state index contributed by atoms with van der Waals surface area (Å²) in [4.78, 5) is 33.3. The number of aryl methyl sites for hydroxylation is 1. The summed E-state index contributed by atoms with van der Waals surface area (Å²) >= 11 is 0. The Morgan fingerprint density at radius 2 is 2.00 bits per heavy atom. The molecule has 0 bridgehead atoms. The molecular formula is C16H13FN2O6. The van der Waals surface area contributed by atoms with Gasteiger partial charge in [0.05, 0.1) is 4.92 Å². The number of nitrogens with zero attached hydrogens (tertiary/aromatic N) is 1. The first-order valence-corrected chi connectivity index (χ1v) is 6.98. The zero-order valence-electron chi connectivity index (χ0n) is 13.0. The summed E-state index contributed by atoms with van der Waals surface area (Å²) in [6.07, 6.45) is 0. The quantitative estimate of drug-likeness (QED) is 0.487. The number of hydrogen-bond donors (Lipinski definition) is 2. The van der Waals surface area contributed by atoms with E-state index in [4.69, 9.17) is 4.74 Å². The topological polar surface area (TPSA) is 119 Å². The molecule has 0 radical (unpaired) electrons. The van der Waals surface area contributed by atoms with Crippen LogP contribution in [0.3, 0.4) is 0 Å². The Balaban J connectivity index is 1.98. The van der Waals surface area contributed by atoms with Crippen LogP contribution in [0.2, 0.25) is 0 Å². The molecule has 0 unspecified atom stereocenters. The molecule has 0 saturated heterocycles. The summed E-state index contributed by atoms with van der Waals surface area (Å²) in [7, 11) is 0. The average molecular weight is 348 g/mol. The van der Waals surface area contributed by atoms with Crippen LogP contribution in [-0.4, -0.2) is 28.5 Å². The van der Waals surface area contributed by atoms with Crippen molar-refractivity contribution in [3.63, 3.8) is 0 Å². The van der Waals surface area contributed by atoms with Crippen molar-refractivity contribution in [2.45, 2.75) is 6.92 Å². The van der Waals surface area contributed by atoms with E-state index in [1.165, 1.54) is 12.1 Å². The lowest BCUT2D eigenvalue weighted by Crippen LogP contribution is -2.21. The fourth-order valence-electron chi connectivity index (χ4n) is 1.95. The normalized spacial score (nSPS) is 10.2. The van der Waals surface area contributed by atoms with Crippen LogP contribution in [0.1, 0.15) is 15.9 Å². The third kappa shape index (κ3) is 4.50. The van der Waals surface area contributed by atoms with E-state index in [0.717, 1.165) is 23.8 Å². The van der Waals surface area contributed by atoms with E-state index < -0.39 is 34.9 Å². The number of aromatic hydroxyl groups is 1. The van der Waals surface area contributed by atoms with Gasteiger partial charge in [-0.15, -0.1) is 0 Å². The highest BCUT2D eigenvalue weighted by Gasteiger charge is 2.17. The Hall–Kier alpha value is -3.49. The van der Waals surface area contributed by atoms with Crippen molar-refractivity contribution < 1.29 is 28.7 Å². The van der Waals surface area contributed by atoms with Crippen LogP contribution in [0.25, 0.3) is 0 Å². The van der Waals surface area contributed by atoms with E-state index in [0.29, 0.717) is 0 Å². The van der Waals surface area contributed by atoms with Gasteiger partial charge in [0.1, 0.15) is 11.3 Å². The molecule has 25 heavy (non-hydrogen) atoms. The molecule has 0 saturated carbocycles. The van der Waals surface area contributed by atoms with Crippen LogP contribution in [0.4, 0.5) is 15.8 Å². The van der Waals surface area contributed by atoms with E-state index in [1.54, 1.807) is 13.0 Å². The molecule has 2 N–H and O–H groups in total. The van der Waals surface area contributed by atoms with Crippen molar-refractivity contribution in [3.8, 4) is 5.75 Å². The Labute approximate surface area is 141 Å². The fourth-order valence-corrected chi connectivity index (χ4v) is 1.95. The third-order valence-corrected chi connectivity index (χ3v) is 3.13. The Morgan fingerprint density at radius 1 is 1.28 bits per heavy atom. The molecule has 0 aliphatic heterocycles. The zero-order chi connectivity index (χ0) is 18.6. The Bertz CT molecular complexity index is 853. The lowest BCUT2D eigenvalue weighted by atomic mass is 10.1. The molecule has 8 nitrogen and oxygen atoms in total. The predicted octanol–water partition coefficient (Wildman–Crippen LogP) is 2.54. The molecule has 1 amide bonds. The molecule has 2 rings (SSSR count). The Morgan fingerprint density at radius 3 is 2.64 bits per heavy atom. The van der Waals surface area contributed by atoms with E-state index in [2.05, 4.69) is 5.32 Å². The van der Waals surface area contributed by atoms with Gasteiger partial charge in [0.2, 0.25) is 5.82 Å². The van der Waals surface area contributed by atoms with Crippen molar-refractivity contribution in [2.75, 3.05) is 11.9 Å². The van der Waals surface area contributed by atoms with Gasteiger partial charge in [0.15, 0.2) is 6.61 Å². The highest BCUT2D eigenvalue weighted by Crippen LogP contribution is 2.22. The molecule has 0 aromatic heterocycles. The number of anilines is 1. The lowest BCUT2D eigenvalue weighted by molar-refractivity contribution is -0.387. The van der Waals surface area contributed by atoms with Crippen LogP contribution in [0, 0.1) is 22.9 Å². The standard InChI is InChI=1S/C16H13FN2O6/c1-9-2-4-11(14(20)6-9)16(22)25-8-15(21)18-10-3-5-12(17)13(7-10)19(23)24/h2-7,20H,8H2,1H3,(H,18,21). The largest absolute Gasteiger partial charge is 0.507 e. The highest BCUT2D eigenvalue weighted by molar-refractivity contribution is 5.96. The lowest BCUT2D eigenvalue weighted by Gasteiger charge is -2.08. The molecule has 2 aromatic carbocycles. The number of rotatable bonds is 5. The molecule has 9 heteroatoms. The van der Waals surface area contributed by atoms with Crippen LogP contribution in [0.15, 0.2) is 36.4 Å². The summed E-state index contributed by atoms with van der Waals surface area (Å²) in [5.74, 6) is -3.00. The molecule has 130 valence electrons. The van der Waals surface area contributed by atoms with Gasteiger partial charge in [-0.25, -0.2) is 4.79 Å². The number of hydrogen-bond acceptors (Lipinski definition) is 6. The third-order valence-electron chi connectivity index (χ3n) is 3.13. The summed E-state index contributed by atoms with van der Waals surface area (Å²) in [6, 6.07) is 7.13. The maximum atomic E-state index is 13.2. The summed E-state index contributed by atoms with van der Waals surface area (Å²) in [5, 5.41) is 22.6. The van der Waals surface area contributed by atoms with Gasteiger partial charge >= 0.3 is 11.7 Å². The summed E-state index contributed by atoms with van der Waals surface area (Å²) in [5.41, 5.74) is -0.174. The summed E-state index contributed by atoms with van der Waals surface area (Å²) in [6.45, 7) is 1.04. The number of esters is 1. The van der Waals surface area contributed by atoms with Crippen LogP contribution in [-0.2, 0) is 9.53 Å². The smallest absolute Gasteiger partial charge is 0.342 e. The van der Waals surface area contributed by atoms with Crippen LogP contribution in [0.5, 0.6) is 5.75 Å². The minimum Gasteiger partial charge on any atom is -0.507 e. The zero-order valence-corrected chi connectivity index (χ0v) is 13.0. The van der Waals surface area contributed by atoms with Crippen molar-refractivity contribution in [2.24, 2.45) is 0 Å². The SMILES string of the molecule is Cc1ccc(C(=O)OCC(=O)Nc2ccc(F)c([N+](=O)[O-])c2)c(O)c1. The van der Waals surface area contributed by atoms with E-state index in [1.807, 2.05) is 0 Å². The van der Waals surface area contributed by atoms with Gasteiger partial charge in [-0.2, -0.15) is 4.39 Å². The number of nitro groups is 1. The number of amides is 1. The molecule has 0 spiro atoms. The number of nitrogens with one attached hydrogen (secondary N) is 1. The number of ether oxygens (including phenoxy) is 1. The summed E-state index contributed by atoms with van der Waals surface area (Å²) < 4.78 is 18.0. The number of phenols is 1. The number of halogens is 1. The molecule has 0 aliphatic carbocycles. The van der Waals surface area contributed by atoms with E-state index in [-0.39, 0.29) is 17.0 Å². The monoisotopic (exact) mass is 348 g/mol. The van der Waals surface area contributed by atoms with Gasteiger partial charge in [-0.05, 0) is 36.8 Å². The van der Waals surface area contributed by atoms with Gasteiger partial charge in [-0.3, -0.25) is 14.9 Å². The van der Waals surface area contributed by atoms with Gasteiger partial charge in [-0.1, -0.05) is 6.07 Å². The number of nitro benzene ring substituents is 1. The van der Waals surface area contributed by atoms with Crippen molar-refractivity contribution in [1.82, 2.24) is 0 Å². The van der Waals surface area contributed by atoms with Crippen LogP contribution >= 0.6 is 0 Å². The highest BCUT2D eigenvalue weighted by atomic mass is 19.1. The number of carbonyl (C=O) groups excluding carboxylic acids is 2. The first-order valence-electron chi connectivity index (χ1n) is 6.98. The Kier molecular flexibility index (Phi) is 5.28. The minimum absolute atomic E-state index is 0.0210. The number of phenolic OH excluding ortho intramolecular Hbond substituents is 1. The molecule has 0 atom stereocenters. The van der Waals surface area contributed by atoms with Crippen LogP contribution < -0.4 is 5.32 Å². The molecule has 0 fully saturated rings. The average Bonchev–Trinajstić information content (AvgIpc) is 2.54. The first-order chi connectivity index (χ1) is 11.8. The maximum Gasteiger partial charge on any atom is 0.342 e. The second-order valence-electron chi connectivity index (χ2n) is 5.07.